The molecule has 1 rings (SSSR count). The molecule has 1 aromatic heterocycles. The molecule has 0 radical (unpaired) electrons. The summed E-state index contributed by atoms with van der Waals surface area (Å²) in [7, 11) is -3.09. The zero-order valence-electron chi connectivity index (χ0n) is 10.0. The molecule has 2 N–H and O–H groups in total. The molecule has 1 unspecified atom stereocenters. The van der Waals surface area contributed by atoms with Crippen LogP contribution in [0.1, 0.15) is 47.5 Å². The van der Waals surface area contributed by atoms with E-state index < -0.39 is 15.1 Å². The third-order valence-corrected chi connectivity index (χ3v) is 5.40. The van der Waals surface area contributed by atoms with Crippen molar-refractivity contribution in [3.05, 3.63) is 15.6 Å². The molecule has 16 heavy (non-hydrogen) atoms. The average Bonchev–Trinajstić information content (AvgIpc) is 2.58. The van der Waals surface area contributed by atoms with Crippen LogP contribution in [0, 0.1) is 0 Å². The zero-order chi connectivity index (χ0) is 12.5. The molecule has 1 heterocycles. The lowest BCUT2D eigenvalue weighted by molar-refractivity contribution is 0.591. The Morgan fingerprint density at radius 1 is 1.38 bits per heavy atom. The van der Waals surface area contributed by atoms with Gasteiger partial charge in [-0.15, -0.1) is 11.3 Å². The summed E-state index contributed by atoms with van der Waals surface area (Å²) >= 11 is 1.41. The second-order valence-corrected chi connectivity index (χ2v) is 7.67. The summed E-state index contributed by atoms with van der Waals surface area (Å²) in [4.78, 5) is 5.39. The van der Waals surface area contributed by atoms with Crippen molar-refractivity contribution in [3.8, 4) is 0 Å². The molecular weight excluding hydrogens is 244 g/mol. The Labute approximate surface area is 101 Å². The monoisotopic (exact) mass is 262 g/mol. The molecule has 0 saturated carbocycles. The molecule has 1 atom stereocenters. The lowest BCUT2D eigenvalue weighted by Gasteiger charge is -2.04. The lowest BCUT2D eigenvalue weighted by Crippen LogP contribution is -2.07. The van der Waals surface area contributed by atoms with E-state index in [4.69, 9.17) is 5.73 Å². The highest BCUT2D eigenvalue weighted by molar-refractivity contribution is 7.91. The highest BCUT2D eigenvalue weighted by Crippen LogP contribution is 2.31. The van der Waals surface area contributed by atoms with Gasteiger partial charge in [-0.2, -0.15) is 0 Å². The van der Waals surface area contributed by atoms with Crippen LogP contribution < -0.4 is 5.73 Å². The Morgan fingerprint density at radius 3 is 2.25 bits per heavy atom. The highest BCUT2D eigenvalue weighted by atomic mass is 32.2. The molecule has 6 heteroatoms. The third kappa shape index (κ3) is 2.81. The molecule has 0 aliphatic carbocycles. The molecule has 0 aliphatic rings. The fraction of sp³-hybridized carbons (Fsp3) is 0.700. The molecule has 1 aromatic rings. The number of nitrogens with zero attached hydrogens (tertiary/aromatic N) is 1. The van der Waals surface area contributed by atoms with E-state index in [1.165, 1.54) is 17.6 Å². The normalized spacial score (nSPS) is 14.4. The number of rotatable bonds is 4. The molecule has 0 fully saturated rings. The van der Waals surface area contributed by atoms with Crippen molar-refractivity contribution in [1.29, 1.82) is 0 Å². The standard InChI is InChI=1S/C10H18N2O2S2/c1-6(2)9-8(5-11)15-10(12-9)7(3)16(4,13)14/h6-7H,5,11H2,1-4H3. The molecular formula is C10H18N2O2S2. The number of hydrogen-bond donors (Lipinski definition) is 1. The first-order valence-electron chi connectivity index (χ1n) is 5.15. The van der Waals surface area contributed by atoms with Crippen molar-refractivity contribution in [2.24, 2.45) is 5.73 Å². The summed E-state index contributed by atoms with van der Waals surface area (Å²) in [5.41, 5.74) is 6.56. The van der Waals surface area contributed by atoms with Gasteiger partial charge in [0.05, 0.1) is 5.69 Å². The molecule has 0 bridgehead atoms. The minimum atomic E-state index is -3.09. The molecule has 0 aliphatic heterocycles. The van der Waals surface area contributed by atoms with E-state index in [-0.39, 0.29) is 5.92 Å². The van der Waals surface area contributed by atoms with Gasteiger partial charge in [0.1, 0.15) is 10.3 Å². The first kappa shape index (κ1) is 13.6. The van der Waals surface area contributed by atoms with Gasteiger partial charge in [0.25, 0.3) is 0 Å². The van der Waals surface area contributed by atoms with Crippen LogP contribution in [-0.2, 0) is 16.4 Å². The largest absolute Gasteiger partial charge is 0.326 e. The minimum Gasteiger partial charge on any atom is -0.326 e. The van der Waals surface area contributed by atoms with Gasteiger partial charge in [0.2, 0.25) is 0 Å². The lowest BCUT2D eigenvalue weighted by atomic mass is 10.1. The topological polar surface area (TPSA) is 73.0 Å². The maximum absolute atomic E-state index is 11.4. The highest BCUT2D eigenvalue weighted by Gasteiger charge is 2.23. The van der Waals surface area contributed by atoms with Crippen LogP contribution in [0.5, 0.6) is 0 Å². The fourth-order valence-corrected chi connectivity index (χ4v) is 3.46. The van der Waals surface area contributed by atoms with E-state index in [1.807, 2.05) is 13.8 Å². The van der Waals surface area contributed by atoms with Gasteiger partial charge in [-0.1, -0.05) is 13.8 Å². The predicted molar refractivity (Wildman–Crippen MR) is 67.4 cm³/mol. The van der Waals surface area contributed by atoms with E-state index in [1.54, 1.807) is 6.92 Å². The Balaban J connectivity index is 3.18. The molecule has 0 saturated heterocycles. The second-order valence-electron chi connectivity index (χ2n) is 4.19. The van der Waals surface area contributed by atoms with E-state index in [0.29, 0.717) is 11.6 Å². The van der Waals surface area contributed by atoms with Gasteiger partial charge < -0.3 is 5.73 Å². The number of hydrogen-bond acceptors (Lipinski definition) is 5. The van der Waals surface area contributed by atoms with Crippen molar-refractivity contribution in [1.82, 2.24) is 4.98 Å². The van der Waals surface area contributed by atoms with Crippen molar-refractivity contribution >= 4 is 21.2 Å². The van der Waals surface area contributed by atoms with Crippen molar-refractivity contribution in [2.45, 2.75) is 38.5 Å². The number of nitrogens with two attached hydrogens (primary N) is 1. The Kier molecular flexibility index (Phi) is 4.09. The van der Waals surface area contributed by atoms with E-state index in [0.717, 1.165) is 10.6 Å². The number of aromatic nitrogens is 1. The Morgan fingerprint density at radius 2 is 1.94 bits per heavy atom. The summed E-state index contributed by atoms with van der Waals surface area (Å²) in [6, 6.07) is 0. The number of thiazole rings is 1. The summed E-state index contributed by atoms with van der Waals surface area (Å²) in [6.45, 7) is 6.15. The summed E-state index contributed by atoms with van der Waals surface area (Å²) in [5, 5.41) is 0.0990. The van der Waals surface area contributed by atoms with Crippen LogP contribution in [0.3, 0.4) is 0 Å². The van der Waals surface area contributed by atoms with E-state index in [2.05, 4.69) is 4.98 Å². The van der Waals surface area contributed by atoms with E-state index in [9.17, 15) is 8.42 Å². The summed E-state index contributed by atoms with van der Waals surface area (Å²) in [5.74, 6) is 0.273. The predicted octanol–water partition coefficient (Wildman–Crippen LogP) is 1.83. The van der Waals surface area contributed by atoms with Crippen LogP contribution in [0.4, 0.5) is 0 Å². The maximum Gasteiger partial charge on any atom is 0.156 e. The molecule has 92 valence electrons. The Hall–Kier alpha value is -0.460. The van der Waals surface area contributed by atoms with Crippen molar-refractivity contribution in [3.63, 3.8) is 0 Å². The van der Waals surface area contributed by atoms with Gasteiger partial charge in [0, 0.05) is 17.7 Å². The quantitative estimate of drug-likeness (QED) is 0.898. The van der Waals surface area contributed by atoms with Crippen LogP contribution >= 0.6 is 11.3 Å². The van der Waals surface area contributed by atoms with Crippen LogP contribution in [-0.4, -0.2) is 19.7 Å². The summed E-state index contributed by atoms with van der Waals surface area (Å²) < 4.78 is 22.9. The Bertz CT molecular complexity index is 463. The zero-order valence-corrected chi connectivity index (χ0v) is 11.7. The van der Waals surface area contributed by atoms with E-state index >= 15 is 0 Å². The van der Waals surface area contributed by atoms with Crippen LogP contribution in [0.15, 0.2) is 0 Å². The first-order valence-corrected chi connectivity index (χ1v) is 7.93. The van der Waals surface area contributed by atoms with Gasteiger partial charge in [0.15, 0.2) is 9.84 Å². The van der Waals surface area contributed by atoms with Gasteiger partial charge in [-0.05, 0) is 12.8 Å². The molecule has 0 aromatic carbocycles. The fourth-order valence-electron chi connectivity index (χ4n) is 1.34. The smallest absolute Gasteiger partial charge is 0.156 e. The van der Waals surface area contributed by atoms with Gasteiger partial charge >= 0.3 is 0 Å². The van der Waals surface area contributed by atoms with Crippen LogP contribution in [0.2, 0.25) is 0 Å². The number of sulfone groups is 1. The second kappa shape index (κ2) is 4.81. The summed E-state index contributed by atoms with van der Waals surface area (Å²) in [6.07, 6.45) is 1.23. The van der Waals surface area contributed by atoms with Crippen molar-refractivity contribution < 1.29 is 8.42 Å². The SMILES string of the molecule is CC(C)c1nc(C(C)S(C)(=O)=O)sc1CN. The maximum atomic E-state index is 11.4. The molecule has 4 nitrogen and oxygen atoms in total. The average molecular weight is 262 g/mol. The first-order chi connectivity index (χ1) is 7.27. The van der Waals surface area contributed by atoms with Crippen molar-refractivity contribution in [2.75, 3.05) is 6.26 Å². The minimum absolute atomic E-state index is 0.273. The molecule has 0 spiro atoms. The third-order valence-electron chi connectivity index (χ3n) is 2.47. The van der Waals surface area contributed by atoms with Gasteiger partial charge in [-0.25, -0.2) is 13.4 Å². The van der Waals surface area contributed by atoms with Crippen LogP contribution in [0.25, 0.3) is 0 Å². The molecule has 0 amide bonds. The van der Waals surface area contributed by atoms with Gasteiger partial charge in [-0.3, -0.25) is 0 Å².